The van der Waals surface area contributed by atoms with Crippen LogP contribution in [-0.4, -0.2) is 37.2 Å². The standard InChI is InChI=1S/C51H98O6/c1-4-7-10-13-16-19-22-24-25-27-30-32-35-38-41-44-50(53)56-47-48(57-51(54)45-42-39-36-33-28-21-18-15-12-9-6-3)46-55-49(52)43-40-37-34-31-29-26-23-20-17-14-11-8-5-2/h48H,4-47H2,1-3H3. The van der Waals surface area contributed by atoms with Crippen molar-refractivity contribution in [1.29, 1.82) is 0 Å². The van der Waals surface area contributed by atoms with E-state index in [1.165, 1.54) is 193 Å². The number of hydrogen-bond donors (Lipinski definition) is 0. The SMILES string of the molecule is CCCCCCCCCCCCCCCCCC(=O)OCC(COC(=O)CCCCCCCCCCCCCCC)OC(=O)CCCCCCCCCCCCC. The molecule has 1 atom stereocenters. The van der Waals surface area contributed by atoms with Crippen molar-refractivity contribution in [2.75, 3.05) is 13.2 Å². The van der Waals surface area contributed by atoms with Gasteiger partial charge in [-0.05, 0) is 19.3 Å². The third-order valence-electron chi connectivity index (χ3n) is 11.6. The molecule has 0 aliphatic carbocycles. The molecule has 0 saturated carbocycles. The zero-order chi connectivity index (χ0) is 41.5. The van der Waals surface area contributed by atoms with Crippen LogP contribution >= 0.6 is 0 Å². The highest BCUT2D eigenvalue weighted by molar-refractivity contribution is 5.71. The van der Waals surface area contributed by atoms with Crippen LogP contribution in [0.3, 0.4) is 0 Å². The van der Waals surface area contributed by atoms with Crippen LogP contribution < -0.4 is 0 Å². The number of unbranched alkanes of at least 4 members (excludes halogenated alkanes) is 36. The second-order valence-corrected chi connectivity index (χ2v) is 17.5. The lowest BCUT2D eigenvalue weighted by atomic mass is 10.0. The van der Waals surface area contributed by atoms with Crippen LogP contribution in [0.25, 0.3) is 0 Å². The molecule has 0 spiro atoms. The molecule has 0 saturated heterocycles. The van der Waals surface area contributed by atoms with Crippen LogP contribution in [0.5, 0.6) is 0 Å². The predicted octanol–water partition coefficient (Wildman–Crippen LogP) is 16.4. The molecule has 0 amide bonds. The molecule has 6 heteroatoms. The van der Waals surface area contributed by atoms with Gasteiger partial charge in [0.05, 0.1) is 0 Å². The topological polar surface area (TPSA) is 78.9 Å². The number of ether oxygens (including phenoxy) is 3. The molecule has 57 heavy (non-hydrogen) atoms. The maximum Gasteiger partial charge on any atom is 0.306 e. The van der Waals surface area contributed by atoms with Crippen molar-refractivity contribution >= 4 is 17.9 Å². The molecule has 0 aliphatic rings. The summed E-state index contributed by atoms with van der Waals surface area (Å²) in [6.45, 7) is 6.67. The first-order valence-electron chi connectivity index (χ1n) is 25.5. The van der Waals surface area contributed by atoms with Crippen LogP contribution in [0, 0.1) is 0 Å². The Labute approximate surface area is 355 Å². The fraction of sp³-hybridized carbons (Fsp3) is 0.941. The highest BCUT2D eigenvalue weighted by Gasteiger charge is 2.19. The van der Waals surface area contributed by atoms with Gasteiger partial charge in [0.2, 0.25) is 0 Å². The summed E-state index contributed by atoms with van der Waals surface area (Å²) in [5.41, 5.74) is 0. The minimum Gasteiger partial charge on any atom is -0.462 e. The van der Waals surface area contributed by atoms with E-state index < -0.39 is 6.10 Å². The van der Waals surface area contributed by atoms with Crippen molar-refractivity contribution < 1.29 is 28.6 Å². The van der Waals surface area contributed by atoms with Crippen molar-refractivity contribution in [3.8, 4) is 0 Å². The molecule has 0 aromatic rings. The average molecular weight is 807 g/mol. The number of esters is 3. The monoisotopic (exact) mass is 807 g/mol. The van der Waals surface area contributed by atoms with E-state index in [-0.39, 0.29) is 31.1 Å². The summed E-state index contributed by atoms with van der Waals surface area (Å²) in [6, 6.07) is 0. The van der Waals surface area contributed by atoms with Gasteiger partial charge in [-0.15, -0.1) is 0 Å². The Morgan fingerprint density at radius 3 is 0.702 bits per heavy atom. The second kappa shape index (κ2) is 47.1. The minimum absolute atomic E-state index is 0.0619. The van der Waals surface area contributed by atoms with Crippen LogP contribution in [0.2, 0.25) is 0 Å². The lowest BCUT2D eigenvalue weighted by molar-refractivity contribution is -0.167. The molecule has 0 aromatic heterocycles. The Morgan fingerprint density at radius 2 is 0.474 bits per heavy atom. The summed E-state index contributed by atoms with van der Waals surface area (Å²) in [5, 5.41) is 0. The Bertz CT molecular complexity index is 844. The number of hydrogen-bond acceptors (Lipinski definition) is 6. The summed E-state index contributed by atoms with van der Waals surface area (Å²) in [6.07, 6.45) is 49.4. The fourth-order valence-electron chi connectivity index (χ4n) is 7.74. The van der Waals surface area contributed by atoms with Gasteiger partial charge in [-0.3, -0.25) is 14.4 Å². The molecular formula is C51H98O6. The van der Waals surface area contributed by atoms with E-state index in [9.17, 15) is 14.4 Å². The van der Waals surface area contributed by atoms with Crippen molar-refractivity contribution in [2.45, 2.75) is 297 Å². The molecular weight excluding hydrogens is 709 g/mol. The van der Waals surface area contributed by atoms with Crippen molar-refractivity contribution in [1.82, 2.24) is 0 Å². The predicted molar refractivity (Wildman–Crippen MR) is 243 cm³/mol. The van der Waals surface area contributed by atoms with E-state index >= 15 is 0 Å². The summed E-state index contributed by atoms with van der Waals surface area (Å²) >= 11 is 0. The first-order chi connectivity index (χ1) is 28.0. The van der Waals surface area contributed by atoms with Gasteiger partial charge in [0.1, 0.15) is 13.2 Å². The Balaban J connectivity index is 4.28. The van der Waals surface area contributed by atoms with Crippen molar-refractivity contribution in [3.05, 3.63) is 0 Å². The largest absolute Gasteiger partial charge is 0.462 e. The van der Waals surface area contributed by atoms with Crippen molar-refractivity contribution in [2.24, 2.45) is 0 Å². The maximum atomic E-state index is 12.7. The van der Waals surface area contributed by atoms with Crippen LogP contribution in [0.1, 0.15) is 290 Å². The third kappa shape index (κ3) is 45.3. The van der Waals surface area contributed by atoms with Crippen LogP contribution in [0.15, 0.2) is 0 Å². The van der Waals surface area contributed by atoms with Crippen LogP contribution in [0.4, 0.5) is 0 Å². The lowest BCUT2D eigenvalue weighted by Gasteiger charge is -2.18. The zero-order valence-electron chi connectivity index (χ0n) is 38.6. The highest BCUT2D eigenvalue weighted by Crippen LogP contribution is 2.17. The molecule has 0 aliphatic heterocycles. The van der Waals surface area contributed by atoms with E-state index in [2.05, 4.69) is 20.8 Å². The van der Waals surface area contributed by atoms with Crippen molar-refractivity contribution in [3.63, 3.8) is 0 Å². The lowest BCUT2D eigenvalue weighted by Crippen LogP contribution is -2.30. The molecule has 0 bridgehead atoms. The van der Waals surface area contributed by atoms with E-state index in [4.69, 9.17) is 14.2 Å². The summed E-state index contributed by atoms with van der Waals surface area (Å²) < 4.78 is 16.8. The maximum absolute atomic E-state index is 12.7. The summed E-state index contributed by atoms with van der Waals surface area (Å²) in [4.78, 5) is 37.9. The molecule has 0 rings (SSSR count). The van der Waals surface area contributed by atoms with Gasteiger partial charge >= 0.3 is 17.9 Å². The number of rotatable bonds is 47. The Hall–Kier alpha value is -1.59. The van der Waals surface area contributed by atoms with Gasteiger partial charge in [-0.25, -0.2) is 0 Å². The molecule has 0 fully saturated rings. The number of carbonyl (C=O) groups excluding carboxylic acids is 3. The first-order valence-corrected chi connectivity index (χ1v) is 25.5. The molecule has 0 heterocycles. The second-order valence-electron chi connectivity index (χ2n) is 17.5. The zero-order valence-corrected chi connectivity index (χ0v) is 38.6. The Morgan fingerprint density at radius 1 is 0.281 bits per heavy atom. The van der Waals surface area contributed by atoms with E-state index in [1.54, 1.807) is 0 Å². The first kappa shape index (κ1) is 55.4. The Kier molecular flexibility index (Phi) is 45.8. The van der Waals surface area contributed by atoms with Gasteiger partial charge in [0, 0.05) is 19.3 Å². The van der Waals surface area contributed by atoms with Gasteiger partial charge in [-0.2, -0.15) is 0 Å². The average Bonchev–Trinajstić information content (AvgIpc) is 3.21. The van der Waals surface area contributed by atoms with Gasteiger partial charge < -0.3 is 14.2 Å². The highest BCUT2D eigenvalue weighted by atomic mass is 16.6. The van der Waals surface area contributed by atoms with E-state index in [1.807, 2.05) is 0 Å². The van der Waals surface area contributed by atoms with E-state index in [0.717, 1.165) is 57.8 Å². The summed E-state index contributed by atoms with van der Waals surface area (Å²) in [5.74, 6) is -0.843. The fourth-order valence-corrected chi connectivity index (χ4v) is 7.74. The normalized spacial score (nSPS) is 11.8. The molecule has 6 nitrogen and oxygen atoms in total. The van der Waals surface area contributed by atoms with Gasteiger partial charge in [0.25, 0.3) is 0 Å². The smallest absolute Gasteiger partial charge is 0.306 e. The summed E-state index contributed by atoms with van der Waals surface area (Å²) in [7, 11) is 0. The van der Waals surface area contributed by atoms with Crippen LogP contribution in [-0.2, 0) is 28.6 Å². The van der Waals surface area contributed by atoms with Gasteiger partial charge in [-0.1, -0.05) is 252 Å². The molecule has 0 aromatic carbocycles. The van der Waals surface area contributed by atoms with E-state index in [0.29, 0.717) is 19.3 Å². The minimum atomic E-state index is -0.759. The molecule has 0 radical (unpaired) electrons. The molecule has 338 valence electrons. The van der Waals surface area contributed by atoms with Gasteiger partial charge in [0.15, 0.2) is 6.10 Å². The third-order valence-corrected chi connectivity index (χ3v) is 11.6. The molecule has 0 N–H and O–H groups in total. The molecule has 1 unspecified atom stereocenters. The number of carbonyl (C=O) groups is 3. The quantitative estimate of drug-likeness (QED) is 0.0346.